The van der Waals surface area contributed by atoms with E-state index in [-0.39, 0.29) is 17.7 Å². The summed E-state index contributed by atoms with van der Waals surface area (Å²) in [5.41, 5.74) is 2.73. The van der Waals surface area contributed by atoms with E-state index < -0.39 is 0 Å². The van der Waals surface area contributed by atoms with E-state index in [0.29, 0.717) is 20.8 Å². The number of amides is 1. The third kappa shape index (κ3) is 4.59. The molecule has 0 aliphatic carbocycles. The lowest BCUT2D eigenvalue weighted by Gasteiger charge is -2.18. The van der Waals surface area contributed by atoms with Crippen LogP contribution in [-0.2, 0) is 4.79 Å². The third-order valence-electron chi connectivity index (χ3n) is 4.27. The van der Waals surface area contributed by atoms with Gasteiger partial charge in [-0.25, -0.2) is 0 Å². The number of hydrogen-bond acceptors (Lipinski definition) is 5. The zero-order chi connectivity index (χ0) is 20.4. The van der Waals surface area contributed by atoms with Gasteiger partial charge in [-0.3, -0.25) is 9.20 Å². The minimum atomic E-state index is -0.192. The highest BCUT2D eigenvalue weighted by Gasteiger charge is 2.19. The zero-order valence-corrected chi connectivity index (χ0v) is 18.4. The van der Waals surface area contributed by atoms with Crippen molar-refractivity contribution in [2.24, 2.45) is 0 Å². The monoisotopic (exact) mass is 462 g/mol. The molecule has 0 spiro atoms. The molecule has 29 heavy (non-hydrogen) atoms. The fraction of sp³-hybridized carbons (Fsp3) is 0.150. The summed E-state index contributed by atoms with van der Waals surface area (Å²) in [5.74, 6) is 0.0948. The van der Waals surface area contributed by atoms with Gasteiger partial charge in [0, 0.05) is 11.1 Å². The molecule has 5 nitrogen and oxygen atoms in total. The number of benzene rings is 1. The van der Waals surface area contributed by atoms with Gasteiger partial charge in [-0.05, 0) is 30.0 Å². The molecule has 0 aliphatic heterocycles. The number of rotatable bonds is 6. The maximum absolute atomic E-state index is 12.7. The average molecular weight is 463 g/mol. The van der Waals surface area contributed by atoms with Gasteiger partial charge >= 0.3 is 0 Å². The summed E-state index contributed by atoms with van der Waals surface area (Å²) in [4.78, 5) is 13.8. The highest BCUT2D eigenvalue weighted by Crippen LogP contribution is 2.28. The van der Waals surface area contributed by atoms with Crippen LogP contribution in [0.3, 0.4) is 0 Å². The Balaban J connectivity index is 1.50. The Morgan fingerprint density at radius 3 is 2.76 bits per heavy atom. The predicted octanol–water partition coefficient (Wildman–Crippen LogP) is 5.40. The normalized spacial score (nSPS) is 12.2. The molecule has 9 heteroatoms. The van der Waals surface area contributed by atoms with Crippen molar-refractivity contribution in [2.75, 3.05) is 5.75 Å². The lowest BCUT2D eigenvalue weighted by Crippen LogP contribution is -2.30. The van der Waals surface area contributed by atoms with Crippen LogP contribution in [0.1, 0.15) is 22.0 Å². The molecule has 0 saturated heterocycles. The fourth-order valence-corrected chi connectivity index (χ4v) is 4.90. The summed E-state index contributed by atoms with van der Waals surface area (Å²) in [5, 5.41) is 14.8. The number of aryl methyl sites for hydroxylation is 1. The lowest BCUT2D eigenvalue weighted by atomic mass is 10.0. The molecular formula is C20H16Cl2N4OS2. The van der Waals surface area contributed by atoms with Crippen LogP contribution in [0.2, 0.25) is 10.0 Å². The Labute approximate surface area is 186 Å². The number of thioether (sulfide) groups is 1. The maximum Gasteiger partial charge on any atom is 0.231 e. The Morgan fingerprint density at radius 1 is 1.24 bits per heavy atom. The number of pyridine rings is 1. The molecule has 3 aromatic heterocycles. The second-order valence-corrected chi connectivity index (χ2v) is 9.16. The summed E-state index contributed by atoms with van der Waals surface area (Å²) >= 11 is 15.1. The lowest BCUT2D eigenvalue weighted by molar-refractivity contribution is -0.119. The molecule has 1 amide bonds. The van der Waals surface area contributed by atoms with Crippen molar-refractivity contribution in [2.45, 2.75) is 18.1 Å². The first kappa shape index (κ1) is 20.2. The minimum absolute atomic E-state index is 0.0983. The fourth-order valence-electron chi connectivity index (χ4n) is 2.87. The van der Waals surface area contributed by atoms with Crippen LogP contribution in [0.4, 0.5) is 0 Å². The summed E-state index contributed by atoms with van der Waals surface area (Å²) in [6.45, 7) is 2.04. The Bertz CT molecular complexity index is 1140. The molecule has 148 valence electrons. The second-order valence-electron chi connectivity index (χ2n) is 6.40. The van der Waals surface area contributed by atoms with Gasteiger partial charge in [0.1, 0.15) is 0 Å². The smallest absolute Gasteiger partial charge is 0.231 e. The molecule has 1 aromatic carbocycles. The van der Waals surface area contributed by atoms with E-state index in [1.807, 2.05) is 48.7 Å². The number of fused-ring (bicyclic) bond motifs is 1. The second kappa shape index (κ2) is 8.75. The number of carbonyl (C=O) groups excluding carboxylic acids is 1. The Hall–Kier alpha value is -2.06. The topological polar surface area (TPSA) is 59.3 Å². The van der Waals surface area contributed by atoms with Crippen molar-refractivity contribution in [3.63, 3.8) is 0 Å². The highest BCUT2D eigenvalue weighted by atomic mass is 35.5. The zero-order valence-electron chi connectivity index (χ0n) is 15.3. The van der Waals surface area contributed by atoms with E-state index in [4.69, 9.17) is 23.2 Å². The van der Waals surface area contributed by atoms with Crippen molar-refractivity contribution < 1.29 is 4.79 Å². The Morgan fingerprint density at radius 2 is 2.03 bits per heavy atom. The van der Waals surface area contributed by atoms with Crippen molar-refractivity contribution in [1.29, 1.82) is 0 Å². The number of carbonyl (C=O) groups is 1. The number of hydrogen-bond donors (Lipinski definition) is 1. The molecule has 0 bridgehead atoms. The number of nitrogens with zero attached hydrogens (tertiary/aromatic N) is 3. The van der Waals surface area contributed by atoms with Gasteiger partial charge in [-0.15, -0.1) is 21.5 Å². The predicted molar refractivity (Wildman–Crippen MR) is 119 cm³/mol. The van der Waals surface area contributed by atoms with Gasteiger partial charge < -0.3 is 5.32 Å². The maximum atomic E-state index is 12.7. The van der Waals surface area contributed by atoms with E-state index in [0.717, 1.165) is 10.4 Å². The molecule has 3 heterocycles. The van der Waals surface area contributed by atoms with Crippen molar-refractivity contribution in [3.8, 4) is 0 Å². The van der Waals surface area contributed by atoms with Crippen LogP contribution < -0.4 is 5.32 Å². The van der Waals surface area contributed by atoms with E-state index in [1.165, 1.54) is 17.3 Å². The van der Waals surface area contributed by atoms with E-state index >= 15 is 0 Å². The van der Waals surface area contributed by atoms with Crippen molar-refractivity contribution >= 4 is 57.9 Å². The van der Waals surface area contributed by atoms with Gasteiger partial charge in [0.05, 0.1) is 21.8 Å². The molecule has 0 saturated carbocycles. The first-order valence-corrected chi connectivity index (χ1v) is 11.4. The Kier molecular flexibility index (Phi) is 6.10. The molecular weight excluding hydrogens is 447 g/mol. The van der Waals surface area contributed by atoms with Gasteiger partial charge in [-0.2, -0.15) is 0 Å². The summed E-state index contributed by atoms with van der Waals surface area (Å²) in [7, 11) is 0. The first-order chi connectivity index (χ1) is 14.0. The minimum Gasteiger partial charge on any atom is -0.344 e. The number of thiophene rings is 1. The molecule has 1 N–H and O–H groups in total. The van der Waals surface area contributed by atoms with E-state index in [2.05, 4.69) is 15.5 Å². The summed E-state index contributed by atoms with van der Waals surface area (Å²) in [6.07, 6.45) is 1.68. The largest absolute Gasteiger partial charge is 0.344 e. The average Bonchev–Trinajstić information content (AvgIpc) is 3.35. The van der Waals surface area contributed by atoms with E-state index in [1.54, 1.807) is 28.0 Å². The van der Waals surface area contributed by atoms with Crippen molar-refractivity contribution in [3.05, 3.63) is 80.1 Å². The van der Waals surface area contributed by atoms with Gasteiger partial charge in [0.2, 0.25) is 5.91 Å². The van der Waals surface area contributed by atoms with Crippen LogP contribution in [0.5, 0.6) is 0 Å². The molecule has 4 rings (SSSR count). The van der Waals surface area contributed by atoms with Gasteiger partial charge in [0.25, 0.3) is 0 Å². The standard InChI is InChI=1S/C20H16Cl2N4OS2/c1-12-4-6-13(7-5-12)18(16-3-2-8-28-16)23-17(27)11-29-20-25-24-19-15(22)9-14(21)10-26(19)20/h2-10,18H,11H2,1H3,(H,23,27). The first-order valence-electron chi connectivity index (χ1n) is 8.73. The molecule has 0 aliphatic rings. The van der Waals surface area contributed by atoms with Gasteiger partial charge in [0.15, 0.2) is 10.8 Å². The van der Waals surface area contributed by atoms with Crippen LogP contribution in [0.25, 0.3) is 5.65 Å². The quantitative estimate of drug-likeness (QED) is 0.389. The number of aromatic nitrogens is 3. The SMILES string of the molecule is Cc1ccc(C(NC(=O)CSc2nnc3c(Cl)cc(Cl)cn23)c2cccs2)cc1. The van der Waals surface area contributed by atoms with Crippen LogP contribution >= 0.6 is 46.3 Å². The van der Waals surface area contributed by atoms with Crippen LogP contribution in [0, 0.1) is 6.92 Å². The van der Waals surface area contributed by atoms with Crippen LogP contribution in [0.15, 0.2) is 59.2 Å². The molecule has 0 radical (unpaired) electrons. The van der Waals surface area contributed by atoms with Gasteiger partial charge in [-0.1, -0.05) is 70.9 Å². The molecule has 4 aromatic rings. The van der Waals surface area contributed by atoms with Crippen molar-refractivity contribution in [1.82, 2.24) is 19.9 Å². The third-order valence-corrected chi connectivity index (χ3v) is 6.64. The number of halogens is 2. The highest BCUT2D eigenvalue weighted by molar-refractivity contribution is 7.99. The summed E-state index contributed by atoms with van der Waals surface area (Å²) < 4.78 is 1.69. The molecule has 0 fully saturated rings. The van der Waals surface area contributed by atoms with Crippen LogP contribution in [-0.4, -0.2) is 26.3 Å². The summed E-state index contributed by atoms with van der Waals surface area (Å²) in [6, 6.07) is 13.6. The molecule has 1 atom stereocenters. The van der Waals surface area contributed by atoms with E-state index in [9.17, 15) is 4.79 Å². The number of nitrogens with one attached hydrogen (secondary N) is 1. The molecule has 1 unspecified atom stereocenters.